The first-order valence-electron chi connectivity index (χ1n) is 7.05. The molecule has 1 heterocycles. The standard InChI is InChI=1S/C16H20N2O4S/c1-11-9-15(12(2)8-14(11)22-4)23(20,21)17-10-13-6-5-7-18(3)16(13)19/h5-9,17H,10H2,1-4H3. The van der Waals surface area contributed by atoms with Crippen LogP contribution in [0.25, 0.3) is 0 Å². The van der Waals surface area contributed by atoms with Crippen LogP contribution >= 0.6 is 0 Å². The monoisotopic (exact) mass is 336 g/mol. The zero-order valence-electron chi connectivity index (χ0n) is 13.6. The smallest absolute Gasteiger partial charge is 0.254 e. The molecule has 0 saturated carbocycles. The van der Waals surface area contributed by atoms with Crippen molar-refractivity contribution >= 4 is 10.0 Å². The van der Waals surface area contributed by atoms with Crippen LogP contribution in [0.15, 0.2) is 40.2 Å². The zero-order chi connectivity index (χ0) is 17.2. The van der Waals surface area contributed by atoms with E-state index in [1.807, 2.05) is 0 Å². The van der Waals surface area contributed by atoms with Gasteiger partial charge in [-0.3, -0.25) is 4.79 Å². The first kappa shape index (κ1) is 17.2. The molecule has 0 radical (unpaired) electrons. The highest BCUT2D eigenvalue weighted by atomic mass is 32.2. The summed E-state index contributed by atoms with van der Waals surface area (Å²) in [6.07, 6.45) is 1.62. The van der Waals surface area contributed by atoms with Gasteiger partial charge >= 0.3 is 0 Å². The maximum atomic E-state index is 12.5. The third-order valence-electron chi connectivity index (χ3n) is 3.64. The van der Waals surface area contributed by atoms with Gasteiger partial charge < -0.3 is 9.30 Å². The molecule has 0 spiro atoms. The second-order valence-electron chi connectivity index (χ2n) is 5.36. The van der Waals surface area contributed by atoms with Crippen molar-refractivity contribution in [2.24, 2.45) is 7.05 Å². The molecule has 1 aromatic carbocycles. The third-order valence-corrected chi connectivity index (χ3v) is 5.18. The Balaban J connectivity index is 2.31. The summed E-state index contributed by atoms with van der Waals surface area (Å²) in [5.41, 5.74) is 1.48. The number of hydrogen-bond acceptors (Lipinski definition) is 4. The summed E-state index contributed by atoms with van der Waals surface area (Å²) in [7, 11) is -0.557. The maximum absolute atomic E-state index is 12.5. The average Bonchev–Trinajstić information content (AvgIpc) is 2.50. The zero-order valence-corrected chi connectivity index (χ0v) is 14.4. The molecule has 124 valence electrons. The Morgan fingerprint density at radius 1 is 1.22 bits per heavy atom. The summed E-state index contributed by atoms with van der Waals surface area (Å²) in [4.78, 5) is 12.1. The lowest BCUT2D eigenvalue weighted by atomic mass is 10.1. The molecule has 0 amide bonds. The topological polar surface area (TPSA) is 77.4 Å². The van der Waals surface area contributed by atoms with Crippen LogP contribution in [-0.2, 0) is 23.6 Å². The highest BCUT2D eigenvalue weighted by Gasteiger charge is 2.19. The second-order valence-corrected chi connectivity index (χ2v) is 7.10. The third kappa shape index (κ3) is 3.62. The number of nitrogens with zero attached hydrogens (tertiary/aromatic N) is 1. The van der Waals surface area contributed by atoms with E-state index in [1.54, 1.807) is 58.5 Å². The van der Waals surface area contributed by atoms with E-state index in [9.17, 15) is 13.2 Å². The number of nitrogens with one attached hydrogen (secondary N) is 1. The van der Waals surface area contributed by atoms with Gasteiger partial charge in [-0.05, 0) is 43.2 Å². The molecular formula is C16H20N2O4S. The summed E-state index contributed by atoms with van der Waals surface area (Å²) in [6.45, 7) is 3.43. The number of hydrogen-bond donors (Lipinski definition) is 1. The molecular weight excluding hydrogens is 316 g/mol. The normalized spacial score (nSPS) is 11.5. The highest BCUT2D eigenvalue weighted by Crippen LogP contribution is 2.25. The number of sulfonamides is 1. The Morgan fingerprint density at radius 2 is 1.91 bits per heavy atom. The molecule has 0 saturated heterocycles. The van der Waals surface area contributed by atoms with E-state index in [0.29, 0.717) is 16.9 Å². The summed E-state index contributed by atoms with van der Waals surface area (Å²) in [6, 6.07) is 6.57. The first-order valence-corrected chi connectivity index (χ1v) is 8.54. The van der Waals surface area contributed by atoms with Gasteiger partial charge in [0.25, 0.3) is 5.56 Å². The van der Waals surface area contributed by atoms with E-state index in [1.165, 1.54) is 4.57 Å². The molecule has 7 heteroatoms. The summed E-state index contributed by atoms with van der Waals surface area (Å²) < 4.78 is 34.1. The van der Waals surface area contributed by atoms with Crippen molar-refractivity contribution in [3.05, 3.63) is 57.5 Å². The van der Waals surface area contributed by atoms with Crippen LogP contribution in [0.3, 0.4) is 0 Å². The van der Waals surface area contributed by atoms with Crippen LogP contribution in [0, 0.1) is 13.8 Å². The molecule has 0 aliphatic rings. The Hall–Kier alpha value is -2.12. The van der Waals surface area contributed by atoms with Gasteiger partial charge in [0.15, 0.2) is 0 Å². The van der Waals surface area contributed by atoms with E-state index in [2.05, 4.69) is 4.72 Å². The molecule has 6 nitrogen and oxygen atoms in total. The van der Waals surface area contributed by atoms with Crippen LogP contribution in [0.2, 0.25) is 0 Å². The summed E-state index contributed by atoms with van der Waals surface area (Å²) in [5, 5.41) is 0. The molecule has 0 bridgehead atoms. The molecule has 1 N–H and O–H groups in total. The minimum Gasteiger partial charge on any atom is -0.496 e. The predicted octanol–water partition coefficient (Wildman–Crippen LogP) is 1.49. The summed E-state index contributed by atoms with van der Waals surface area (Å²) in [5.74, 6) is 0.637. The molecule has 0 unspecified atom stereocenters. The number of rotatable bonds is 5. The lowest BCUT2D eigenvalue weighted by Crippen LogP contribution is -2.29. The number of methoxy groups -OCH3 is 1. The SMILES string of the molecule is COc1cc(C)c(S(=O)(=O)NCc2cccn(C)c2=O)cc1C. The molecule has 0 aliphatic heterocycles. The minimum atomic E-state index is -3.72. The van der Waals surface area contributed by atoms with Crippen LogP contribution < -0.4 is 15.0 Å². The van der Waals surface area contributed by atoms with E-state index >= 15 is 0 Å². The molecule has 2 rings (SSSR count). The van der Waals surface area contributed by atoms with Gasteiger partial charge in [0.2, 0.25) is 10.0 Å². The van der Waals surface area contributed by atoms with Crippen molar-refractivity contribution in [1.29, 1.82) is 0 Å². The van der Waals surface area contributed by atoms with Crippen LogP contribution in [-0.4, -0.2) is 20.1 Å². The number of pyridine rings is 1. The number of aryl methyl sites for hydroxylation is 3. The van der Waals surface area contributed by atoms with E-state index in [4.69, 9.17) is 4.74 Å². The van der Waals surface area contributed by atoms with Gasteiger partial charge in [0.1, 0.15) is 5.75 Å². The van der Waals surface area contributed by atoms with Crippen LogP contribution in [0.1, 0.15) is 16.7 Å². The molecule has 0 aliphatic carbocycles. The van der Waals surface area contributed by atoms with Gasteiger partial charge in [-0.25, -0.2) is 13.1 Å². The lowest BCUT2D eigenvalue weighted by Gasteiger charge is -2.13. The van der Waals surface area contributed by atoms with Gasteiger partial charge in [-0.2, -0.15) is 0 Å². The van der Waals surface area contributed by atoms with Crippen LogP contribution in [0.4, 0.5) is 0 Å². The number of ether oxygens (including phenoxy) is 1. The van der Waals surface area contributed by atoms with E-state index < -0.39 is 10.0 Å². The van der Waals surface area contributed by atoms with Gasteiger partial charge in [-0.1, -0.05) is 6.07 Å². The van der Waals surface area contributed by atoms with Crippen molar-refractivity contribution in [3.8, 4) is 5.75 Å². The average molecular weight is 336 g/mol. The highest BCUT2D eigenvalue weighted by molar-refractivity contribution is 7.89. The first-order chi connectivity index (χ1) is 10.8. The fourth-order valence-corrected chi connectivity index (χ4v) is 3.63. The minimum absolute atomic E-state index is 0.0552. The molecule has 0 fully saturated rings. The Morgan fingerprint density at radius 3 is 2.57 bits per heavy atom. The maximum Gasteiger partial charge on any atom is 0.254 e. The predicted molar refractivity (Wildman–Crippen MR) is 88.2 cm³/mol. The lowest BCUT2D eigenvalue weighted by molar-refractivity contribution is 0.411. The molecule has 0 atom stereocenters. The van der Waals surface area contributed by atoms with Gasteiger partial charge in [-0.15, -0.1) is 0 Å². The summed E-state index contributed by atoms with van der Waals surface area (Å²) >= 11 is 0. The van der Waals surface area contributed by atoms with Crippen molar-refractivity contribution in [3.63, 3.8) is 0 Å². The van der Waals surface area contributed by atoms with Gasteiger partial charge in [0.05, 0.1) is 12.0 Å². The van der Waals surface area contributed by atoms with Crippen LogP contribution in [0.5, 0.6) is 5.75 Å². The Kier molecular flexibility index (Phi) is 4.91. The van der Waals surface area contributed by atoms with Crippen molar-refractivity contribution in [1.82, 2.24) is 9.29 Å². The van der Waals surface area contributed by atoms with Crippen molar-refractivity contribution in [2.45, 2.75) is 25.3 Å². The van der Waals surface area contributed by atoms with Crippen molar-refractivity contribution < 1.29 is 13.2 Å². The van der Waals surface area contributed by atoms with Gasteiger partial charge in [0, 0.05) is 25.4 Å². The number of aromatic nitrogens is 1. The largest absolute Gasteiger partial charge is 0.496 e. The Bertz CT molecular complexity index is 885. The molecule has 23 heavy (non-hydrogen) atoms. The number of benzene rings is 1. The second kappa shape index (κ2) is 6.55. The van der Waals surface area contributed by atoms with Crippen molar-refractivity contribution in [2.75, 3.05) is 7.11 Å². The quantitative estimate of drug-likeness (QED) is 0.897. The van der Waals surface area contributed by atoms with E-state index in [-0.39, 0.29) is 17.0 Å². The molecule has 1 aromatic heterocycles. The van der Waals surface area contributed by atoms with E-state index in [0.717, 1.165) is 5.56 Å². The fraction of sp³-hybridized carbons (Fsp3) is 0.312. The molecule has 2 aromatic rings. The Labute approximate surface area is 135 Å². The fourth-order valence-electron chi connectivity index (χ4n) is 2.31.